The maximum Gasteiger partial charge on any atom is 0.331 e. The third-order valence-corrected chi connectivity index (χ3v) is 2.77. The van der Waals surface area contributed by atoms with Gasteiger partial charge in [0.15, 0.2) is 0 Å². The molecule has 1 heterocycles. The first-order chi connectivity index (χ1) is 8.58. The van der Waals surface area contributed by atoms with Crippen molar-refractivity contribution in [2.24, 2.45) is 0 Å². The lowest BCUT2D eigenvalue weighted by Gasteiger charge is -2.05. The summed E-state index contributed by atoms with van der Waals surface area (Å²) in [4.78, 5) is 25.5. The number of anilines is 1. The van der Waals surface area contributed by atoms with Gasteiger partial charge in [0.1, 0.15) is 6.33 Å². The monoisotopic (exact) mass is 310 g/mol. The molecule has 2 aromatic rings. The zero-order valence-corrected chi connectivity index (χ0v) is 10.5. The Balaban J connectivity index is 2.18. The number of nitro groups is 1. The first-order valence-corrected chi connectivity index (χ1v) is 5.60. The summed E-state index contributed by atoms with van der Waals surface area (Å²) in [7, 11) is 0. The first kappa shape index (κ1) is 12.2. The molecule has 0 fully saturated rings. The highest BCUT2D eigenvalue weighted by Crippen LogP contribution is 2.27. The molecule has 1 aromatic heterocycles. The van der Waals surface area contributed by atoms with Crippen LogP contribution in [0.2, 0.25) is 0 Å². The summed E-state index contributed by atoms with van der Waals surface area (Å²) >= 11 is 3.07. The zero-order chi connectivity index (χ0) is 13.1. The Labute approximate surface area is 110 Å². The molecule has 8 heteroatoms. The molecule has 0 aliphatic heterocycles. The number of imidazole rings is 1. The van der Waals surface area contributed by atoms with Crippen LogP contribution in [0.5, 0.6) is 0 Å². The molecule has 1 aromatic carbocycles. The average molecular weight is 311 g/mol. The highest BCUT2D eigenvalue weighted by molar-refractivity contribution is 9.10. The van der Waals surface area contributed by atoms with Gasteiger partial charge in [-0.3, -0.25) is 14.7 Å². The van der Waals surface area contributed by atoms with Gasteiger partial charge in [-0.25, -0.2) is 9.78 Å². The van der Waals surface area contributed by atoms with Gasteiger partial charge < -0.3 is 5.32 Å². The molecule has 92 valence electrons. The minimum absolute atomic E-state index is 0.0596. The predicted molar refractivity (Wildman–Crippen MR) is 67.4 cm³/mol. The van der Waals surface area contributed by atoms with Crippen LogP contribution in [0.3, 0.4) is 0 Å². The number of aromatic nitrogens is 2. The average Bonchev–Trinajstić information content (AvgIpc) is 2.81. The van der Waals surface area contributed by atoms with Crippen molar-refractivity contribution in [3.05, 3.63) is 51.5 Å². The first-order valence-electron chi connectivity index (χ1n) is 4.81. The number of nitrogens with zero attached hydrogens (tertiary/aromatic N) is 3. The fourth-order valence-electron chi connectivity index (χ4n) is 1.30. The summed E-state index contributed by atoms with van der Waals surface area (Å²) in [6.07, 6.45) is 4.33. The molecule has 0 unspecified atom stereocenters. The van der Waals surface area contributed by atoms with E-state index in [-0.39, 0.29) is 5.69 Å². The van der Waals surface area contributed by atoms with Gasteiger partial charge in [0.2, 0.25) is 0 Å². The molecule has 18 heavy (non-hydrogen) atoms. The van der Waals surface area contributed by atoms with Crippen LogP contribution >= 0.6 is 15.9 Å². The van der Waals surface area contributed by atoms with Crippen molar-refractivity contribution in [2.75, 3.05) is 5.32 Å². The summed E-state index contributed by atoms with van der Waals surface area (Å²) in [5.41, 5.74) is 0.391. The molecule has 0 spiro atoms. The smallest absolute Gasteiger partial charge is 0.307 e. The van der Waals surface area contributed by atoms with E-state index in [2.05, 4.69) is 26.2 Å². The zero-order valence-electron chi connectivity index (χ0n) is 8.91. The van der Waals surface area contributed by atoms with E-state index in [9.17, 15) is 14.9 Å². The number of benzene rings is 1. The highest BCUT2D eigenvalue weighted by Gasteiger charge is 2.12. The van der Waals surface area contributed by atoms with Crippen LogP contribution in [-0.2, 0) is 0 Å². The van der Waals surface area contributed by atoms with Crippen LogP contribution in [-0.4, -0.2) is 20.5 Å². The summed E-state index contributed by atoms with van der Waals surface area (Å²) in [5, 5.41) is 13.2. The van der Waals surface area contributed by atoms with Gasteiger partial charge in [0.05, 0.1) is 9.40 Å². The Kier molecular flexibility index (Phi) is 3.38. The van der Waals surface area contributed by atoms with Gasteiger partial charge in [-0.1, -0.05) is 0 Å². The molecule has 0 atom stereocenters. The number of nitro benzene ring substituents is 1. The molecule has 1 amide bonds. The van der Waals surface area contributed by atoms with E-state index >= 15 is 0 Å². The predicted octanol–water partition coefficient (Wildman–Crippen LogP) is 2.63. The summed E-state index contributed by atoms with van der Waals surface area (Å²) in [5.74, 6) is 0. The third kappa shape index (κ3) is 2.54. The Hall–Kier alpha value is -2.22. The molecule has 0 radical (unpaired) electrons. The SMILES string of the molecule is O=C(Nc1ccc([N+](=O)[O-])c(Br)c1)n1ccnc1. The Bertz CT molecular complexity index is 597. The number of hydrogen-bond donors (Lipinski definition) is 1. The molecule has 0 aliphatic rings. The van der Waals surface area contributed by atoms with Crippen LogP contribution in [0.25, 0.3) is 0 Å². The number of rotatable bonds is 2. The van der Waals surface area contributed by atoms with E-state index in [1.54, 1.807) is 0 Å². The fraction of sp³-hybridized carbons (Fsp3) is 0. The number of halogens is 1. The Morgan fingerprint density at radius 1 is 1.50 bits per heavy atom. The quantitative estimate of drug-likeness (QED) is 0.682. The minimum Gasteiger partial charge on any atom is -0.307 e. The van der Waals surface area contributed by atoms with E-state index < -0.39 is 11.0 Å². The number of carbonyl (C=O) groups excluding carboxylic acids is 1. The summed E-state index contributed by atoms with van der Waals surface area (Å²) < 4.78 is 1.56. The normalized spacial score (nSPS) is 10.1. The standard InChI is InChI=1S/C10H7BrN4O3/c11-8-5-7(1-2-9(8)15(17)18)13-10(16)14-4-3-12-6-14/h1-6H,(H,13,16). The molecule has 1 N–H and O–H groups in total. The lowest BCUT2D eigenvalue weighted by molar-refractivity contribution is -0.385. The van der Waals surface area contributed by atoms with Crippen LogP contribution in [0, 0.1) is 10.1 Å². The van der Waals surface area contributed by atoms with Crippen molar-refractivity contribution < 1.29 is 9.72 Å². The van der Waals surface area contributed by atoms with Crippen LogP contribution in [0.4, 0.5) is 16.2 Å². The maximum absolute atomic E-state index is 11.7. The van der Waals surface area contributed by atoms with Crippen LogP contribution in [0.15, 0.2) is 41.4 Å². The second kappa shape index (κ2) is 4.96. The lowest BCUT2D eigenvalue weighted by atomic mass is 10.3. The van der Waals surface area contributed by atoms with Crippen molar-refractivity contribution in [3.8, 4) is 0 Å². The van der Waals surface area contributed by atoms with Crippen molar-refractivity contribution in [1.29, 1.82) is 0 Å². The van der Waals surface area contributed by atoms with Crippen molar-refractivity contribution in [2.45, 2.75) is 0 Å². The van der Waals surface area contributed by atoms with Gasteiger partial charge in [-0.15, -0.1) is 0 Å². The van der Waals surface area contributed by atoms with Crippen molar-refractivity contribution in [3.63, 3.8) is 0 Å². The third-order valence-electron chi connectivity index (χ3n) is 2.13. The van der Waals surface area contributed by atoms with E-state index in [0.717, 1.165) is 0 Å². The van der Waals surface area contributed by atoms with Gasteiger partial charge in [0.25, 0.3) is 5.69 Å². The fourth-order valence-corrected chi connectivity index (χ4v) is 1.82. The van der Waals surface area contributed by atoms with Gasteiger partial charge in [0, 0.05) is 24.1 Å². The second-order valence-electron chi connectivity index (χ2n) is 3.32. The molecular weight excluding hydrogens is 304 g/mol. The molecule has 0 saturated heterocycles. The van der Waals surface area contributed by atoms with E-state index in [0.29, 0.717) is 10.2 Å². The Morgan fingerprint density at radius 2 is 2.28 bits per heavy atom. The molecule has 0 bridgehead atoms. The molecular formula is C10H7BrN4O3. The summed E-state index contributed by atoms with van der Waals surface area (Å²) in [6.45, 7) is 0. The number of hydrogen-bond acceptors (Lipinski definition) is 4. The second-order valence-corrected chi connectivity index (χ2v) is 4.18. The topological polar surface area (TPSA) is 90.1 Å². The Morgan fingerprint density at radius 3 is 2.83 bits per heavy atom. The van der Waals surface area contributed by atoms with Crippen molar-refractivity contribution in [1.82, 2.24) is 9.55 Å². The summed E-state index contributed by atoms with van der Waals surface area (Å²) in [6, 6.07) is 3.84. The van der Waals surface area contributed by atoms with Crippen LogP contribution < -0.4 is 5.32 Å². The lowest BCUT2D eigenvalue weighted by Crippen LogP contribution is -2.17. The maximum atomic E-state index is 11.7. The highest BCUT2D eigenvalue weighted by atomic mass is 79.9. The number of nitrogens with one attached hydrogen (secondary N) is 1. The van der Waals surface area contributed by atoms with E-state index in [4.69, 9.17) is 0 Å². The van der Waals surface area contributed by atoms with Gasteiger partial charge in [-0.2, -0.15) is 0 Å². The molecule has 2 rings (SSSR count). The number of amides is 1. The van der Waals surface area contributed by atoms with E-state index in [1.165, 1.54) is 41.5 Å². The largest absolute Gasteiger partial charge is 0.331 e. The van der Waals surface area contributed by atoms with Gasteiger partial charge in [-0.05, 0) is 28.1 Å². The van der Waals surface area contributed by atoms with E-state index in [1.807, 2.05) is 0 Å². The molecule has 0 saturated carbocycles. The minimum atomic E-state index is -0.508. The molecule has 7 nitrogen and oxygen atoms in total. The molecule has 0 aliphatic carbocycles. The van der Waals surface area contributed by atoms with Crippen molar-refractivity contribution >= 4 is 33.3 Å². The van der Waals surface area contributed by atoms with Gasteiger partial charge >= 0.3 is 6.03 Å². The number of carbonyl (C=O) groups is 1. The van der Waals surface area contributed by atoms with Crippen LogP contribution in [0.1, 0.15) is 0 Å².